The molecule has 1 aromatic rings. The monoisotopic (exact) mass is 511 g/mol. The molecule has 3 N–H and O–H groups in total. The smallest absolute Gasteiger partial charge is 0.243 e. The predicted octanol–water partition coefficient (Wildman–Crippen LogP) is 2.82. The fourth-order valence-corrected chi connectivity index (χ4v) is 6.08. The Morgan fingerprint density at radius 2 is 1.89 bits per heavy atom. The van der Waals surface area contributed by atoms with Gasteiger partial charge in [0, 0.05) is 25.2 Å². The number of nitrogens with one attached hydrogen (secondary N) is 2. The average Bonchev–Trinajstić information content (AvgIpc) is 3.37. The van der Waals surface area contributed by atoms with Gasteiger partial charge in [-0.15, -0.1) is 0 Å². The molecule has 1 aromatic heterocycles. The molecule has 12 heteroatoms. The summed E-state index contributed by atoms with van der Waals surface area (Å²) in [6, 6.07) is 0.470. The zero-order chi connectivity index (χ0) is 24.9. The Morgan fingerprint density at radius 3 is 2.60 bits per heavy atom. The highest BCUT2D eigenvalue weighted by Crippen LogP contribution is 2.35. The third-order valence-corrected chi connectivity index (χ3v) is 7.90. The highest BCUT2D eigenvalue weighted by molar-refractivity contribution is 6.28. The van der Waals surface area contributed by atoms with E-state index in [4.69, 9.17) is 11.6 Å². The Hall–Kier alpha value is -2.24. The maximum absolute atomic E-state index is 15.6. The van der Waals surface area contributed by atoms with Crippen molar-refractivity contribution in [3.63, 3.8) is 0 Å². The van der Waals surface area contributed by atoms with Gasteiger partial charge in [-0.25, -0.2) is 5.06 Å². The Labute approximate surface area is 210 Å². The minimum absolute atomic E-state index is 0.116. The van der Waals surface area contributed by atoms with Crippen LogP contribution in [0.1, 0.15) is 57.8 Å². The van der Waals surface area contributed by atoms with Gasteiger partial charge in [0.2, 0.25) is 23.4 Å². The Bertz CT molecular complexity index is 904. The summed E-state index contributed by atoms with van der Waals surface area (Å²) in [5.41, 5.74) is 5.08. The molecule has 35 heavy (non-hydrogen) atoms. The molecular formula is C23H35ClFN7O3. The number of piperazine rings is 1. The van der Waals surface area contributed by atoms with Crippen molar-refractivity contribution in [1.82, 2.24) is 25.4 Å². The van der Waals surface area contributed by atoms with E-state index in [1.807, 2.05) is 4.90 Å². The number of halogens is 2. The van der Waals surface area contributed by atoms with E-state index in [0.29, 0.717) is 30.0 Å². The van der Waals surface area contributed by atoms with E-state index in [1.54, 1.807) is 0 Å². The number of hydroxylamine groups is 2. The molecule has 0 unspecified atom stereocenters. The van der Waals surface area contributed by atoms with Crippen LogP contribution in [0, 0.1) is 17.7 Å². The van der Waals surface area contributed by atoms with Crippen LogP contribution in [0.4, 0.5) is 16.0 Å². The van der Waals surface area contributed by atoms with Crippen molar-refractivity contribution < 1.29 is 19.2 Å². The molecule has 3 aliphatic rings. The van der Waals surface area contributed by atoms with E-state index in [-0.39, 0.29) is 35.9 Å². The molecule has 3 atom stereocenters. The number of nitrogens with zero attached hydrogens (tertiary/aromatic N) is 5. The highest BCUT2D eigenvalue weighted by atomic mass is 35.5. The molecule has 2 aliphatic carbocycles. The number of hydrazine groups is 1. The Morgan fingerprint density at radius 1 is 1.20 bits per heavy atom. The second-order valence-corrected chi connectivity index (χ2v) is 10.3. The predicted molar refractivity (Wildman–Crippen MR) is 129 cm³/mol. The lowest BCUT2D eigenvalue weighted by Crippen LogP contribution is -2.60. The fraction of sp³-hybridized carbons (Fsp3) is 0.739. The van der Waals surface area contributed by atoms with Crippen molar-refractivity contribution in [2.75, 3.05) is 37.0 Å². The lowest BCUT2D eigenvalue weighted by Gasteiger charge is -2.49. The number of amides is 2. The number of carbonyl (C=O) groups is 2. The van der Waals surface area contributed by atoms with E-state index in [2.05, 4.69) is 32.8 Å². The van der Waals surface area contributed by atoms with Gasteiger partial charge >= 0.3 is 0 Å². The molecule has 1 aliphatic heterocycles. The summed E-state index contributed by atoms with van der Waals surface area (Å²) < 4.78 is 15.6. The van der Waals surface area contributed by atoms with E-state index in [0.717, 1.165) is 57.9 Å². The van der Waals surface area contributed by atoms with Crippen molar-refractivity contribution in [3.05, 3.63) is 11.1 Å². The first-order valence-electron chi connectivity index (χ1n) is 12.5. The third-order valence-electron chi connectivity index (χ3n) is 7.73. The molecule has 0 bridgehead atoms. The summed E-state index contributed by atoms with van der Waals surface area (Å²) in [7, 11) is 2.10. The van der Waals surface area contributed by atoms with Crippen molar-refractivity contribution in [3.8, 4) is 0 Å². The van der Waals surface area contributed by atoms with E-state index < -0.39 is 17.6 Å². The Kier molecular flexibility index (Phi) is 8.61. The van der Waals surface area contributed by atoms with Gasteiger partial charge in [0.1, 0.15) is 0 Å². The number of rotatable bonds is 9. The van der Waals surface area contributed by atoms with Gasteiger partial charge in [-0.05, 0) is 43.8 Å². The maximum atomic E-state index is 15.6. The van der Waals surface area contributed by atoms with Gasteiger partial charge in [0.25, 0.3) is 0 Å². The molecule has 2 saturated carbocycles. The summed E-state index contributed by atoms with van der Waals surface area (Å²) in [4.78, 5) is 36.3. The van der Waals surface area contributed by atoms with Gasteiger partial charge in [-0.3, -0.25) is 30.5 Å². The van der Waals surface area contributed by atoms with E-state index >= 15 is 4.39 Å². The van der Waals surface area contributed by atoms with Gasteiger partial charge in [0.05, 0.1) is 12.5 Å². The van der Waals surface area contributed by atoms with Crippen LogP contribution >= 0.6 is 11.6 Å². The van der Waals surface area contributed by atoms with Crippen molar-refractivity contribution >= 4 is 35.6 Å². The van der Waals surface area contributed by atoms with Gasteiger partial charge in [-0.2, -0.15) is 14.4 Å². The highest BCUT2D eigenvalue weighted by Gasteiger charge is 2.38. The number of anilines is 2. The number of fused-ring (bicyclic) bond motifs is 1. The minimum atomic E-state index is -0.674. The van der Waals surface area contributed by atoms with Crippen LogP contribution in [0.3, 0.4) is 0 Å². The number of carbonyl (C=O) groups excluding carboxylic acids is 2. The zero-order valence-electron chi connectivity index (χ0n) is 20.1. The lowest BCUT2D eigenvalue weighted by atomic mass is 9.86. The van der Waals surface area contributed by atoms with Crippen molar-refractivity contribution in [1.29, 1.82) is 0 Å². The molecule has 194 valence electrons. The summed E-state index contributed by atoms with van der Waals surface area (Å²) in [6.07, 6.45) is 9.28. The first-order chi connectivity index (χ1) is 16.9. The van der Waals surface area contributed by atoms with E-state index in [1.165, 1.54) is 0 Å². The molecule has 0 radical (unpaired) electrons. The molecule has 3 fully saturated rings. The first-order valence-corrected chi connectivity index (χ1v) is 12.9. The third kappa shape index (κ3) is 6.13. The van der Waals surface area contributed by atoms with Crippen LogP contribution < -0.4 is 15.8 Å². The molecule has 10 nitrogen and oxygen atoms in total. The SMILES string of the molecule is CN1CCN(c2nc(Cl)nc(NNC(=O)[C@H](CC3CCCC3)CN(O)C=O)c2F)[C@@H]2CCCC[C@@H]21. The molecule has 2 heterocycles. The van der Waals surface area contributed by atoms with Gasteiger partial charge in [0.15, 0.2) is 11.6 Å². The van der Waals surface area contributed by atoms with Crippen molar-refractivity contribution in [2.24, 2.45) is 11.8 Å². The molecule has 1 saturated heterocycles. The van der Waals surface area contributed by atoms with Crippen LogP contribution in [0.15, 0.2) is 0 Å². The molecule has 4 rings (SSSR count). The number of hydrogen-bond donors (Lipinski definition) is 3. The molecular weight excluding hydrogens is 477 g/mol. The van der Waals surface area contributed by atoms with Crippen LogP contribution in [0.25, 0.3) is 0 Å². The van der Waals surface area contributed by atoms with Crippen LogP contribution in [-0.4, -0.2) is 76.2 Å². The maximum Gasteiger partial charge on any atom is 0.243 e. The normalized spacial score (nSPS) is 24.1. The summed E-state index contributed by atoms with van der Waals surface area (Å²) in [5.74, 6) is -1.51. The minimum Gasteiger partial charge on any atom is -0.348 e. The second kappa shape index (κ2) is 11.7. The lowest BCUT2D eigenvalue weighted by molar-refractivity contribution is -0.154. The van der Waals surface area contributed by atoms with Crippen LogP contribution in [-0.2, 0) is 9.59 Å². The summed E-state index contributed by atoms with van der Waals surface area (Å²) in [5, 5.41) is 10.0. The quantitative estimate of drug-likeness (QED) is 0.201. The van der Waals surface area contributed by atoms with Crippen LogP contribution in [0.5, 0.6) is 0 Å². The van der Waals surface area contributed by atoms with E-state index in [9.17, 15) is 14.8 Å². The largest absolute Gasteiger partial charge is 0.348 e. The Balaban J connectivity index is 1.48. The molecule has 0 aromatic carbocycles. The second-order valence-electron chi connectivity index (χ2n) is 10.00. The standard InChI is InChI=1S/C23H35ClFN7O3/c1-30-10-11-32(18-9-5-4-8-17(18)30)21-19(25)20(26-23(24)27-21)28-29-22(34)16(13-31(35)14-33)12-15-6-2-3-7-15/h14-18,35H,2-13H2,1H3,(H,29,34)(H,26,27,28)/t16-,17+,18-/m1/s1. The van der Waals surface area contributed by atoms with Gasteiger partial charge < -0.3 is 4.90 Å². The van der Waals surface area contributed by atoms with Gasteiger partial charge in [-0.1, -0.05) is 38.5 Å². The molecule has 2 amide bonds. The van der Waals surface area contributed by atoms with Crippen LogP contribution in [0.2, 0.25) is 5.28 Å². The fourth-order valence-electron chi connectivity index (χ4n) is 5.92. The number of hydrogen-bond acceptors (Lipinski definition) is 8. The number of aromatic nitrogens is 2. The molecule has 0 spiro atoms. The topological polar surface area (TPSA) is 114 Å². The summed E-state index contributed by atoms with van der Waals surface area (Å²) in [6.45, 7) is 1.27. The van der Waals surface area contributed by atoms with Crippen molar-refractivity contribution in [2.45, 2.75) is 69.9 Å². The average molecular weight is 512 g/mol. The number of likely N-dealkylation sites (N-methyl/N-ethyl adjacent to an activating group) is 1. The zero-order valence-corrected chi connectivity index (χ0v) is 20.9. The first kappa shape index (κ1) is 25.8. The summed E-state index contributed by atoms with van der Waals surface area (Å²) >= 11 is 6.17.